The van der Waals surface area contributed by atoms with Crippen LogP contribution in [0, 0.1) is 6.92 Å². The zero-order valence-electron chi connectivity index (χ0n) is 12.9. The van der Waals surface area contributed by atoms with Gasteiger partial charge in [0, 0.05) is 29.6 Å². The average molecular weight is 308 g/mol. The molecule has 1 aromatic carbocycles. The summed E-state index contributed by atoms with van der Waals surface area (Å²) in [5.74, 6) is -1.05. The van der Waals surface area contributed by atoms with E-state index in [9.17, 15) is 14.7 Å². The molecule has 0 aliphatic rings. The molecule has 5 heteroatoms. The minimum absolute atomic E-state index is 0.117. The Balaban J connectivity index is 2.41. The zero-order valence-corrected chi connectivity index (χ0v) is 12.9. The number of fused-ring (bicyclic) bond motifs is 1. The molecule has 0 fully saturated rings. The topological polar surface area (TPSA) is 72.2 Å². The normalized spacial score (nSPS) is 10.9. The van der Waals surface area contributed by atoms with E-state index < -0.39 is 5.97 Å². The Bertz CT molecular complexity index is 974. The van der Waals surface area contributed by atoms with Gasteiger partial charge in [-0.05, 0) is 32.0 Å². The second-order valence-corrected chi connectivity index (χ2v) is 5.33. The summed E-state index contributed by atoms with van der Waals surface area (Å²) >= 11 is 0. The van der Waals surface area contributed by atoms with E-state index in [-0.39, 0.29) is 11.0 Å². The largest absolute Gasteiger partial charge is 0.478 e. The first kappa shape index (κ1) is 15.0. The third-order valence-corrected chi connectivity index (χ3v) is 3.85. The Morgan fingerprint density at radius 2 is 1.91 bits per heavy atom. The predicted molar refractivity (Wildman–Crippen MR) is 88.8 cm³/mol. The summed E-state index contributed by atoms with van der Waals surface area (Å²) in [6, 6.07) is 10.1. The second kappa shape index (κ2) is 5.68. The molecule has 116 valence electrons. The molecule has 0 aliphatic carbocycles. The standard InChI is InChI=1S/C18H16N2O3/c1-3-20-10-15(12-6-4-5-7-13(12)18(22)23)16(21)14-9-8-11(2)19-17(14)20/h4-10H,3H2,1-2H3,(H,22,23). The predicted octanol–water partition coefficient (Wildman–Crippen LogP) is 3.09. The molecule has 2 heterocycles. The summed E-state index contributed by atoms with van der Waals surface area (Å²) in [4.78, 5) is 28.7. The van der Waals surface area contributed by atoms with Crippen LogP contribution in [0.4, 0.5) is 0 Å². The SMILES string of the molecule is CCn1cc(-c2ccccc2C(=O)O)c(=O)c2ccc(C)nc21. The number of nitrogens with zero attached hydrogens (tertiary/aromatic N) is 2. The van der Waals surface area contributed by atoms with Gasteiger partial charge < -0.3 is 9.67 Å². The summed E-state index contributed by atoms with van der Waals surface area (Å²) < 4.78 is 1.87. The molecule has 3 rings (SSSR count). The van der Waals surface area contributed by atoms with Crippen molar-refractivity contribution in [2.75, 3.05) is 0 Å². The molecular formula is C18H16N2O3. The van der Waals surface area contributed by atoms with E-state index in [1.807, 2.05) is 18.4 Å². The minimum Gasteiger partial charge on any atom is -0.478 e. The van der Waals surface area contributed by atoms with Crippen molar-refractivity contribution in [3.8, 4) is 11.1 Å². The number of aromatic carboxylic acids is 1. The summed E-state index contributed by atoms with van der Waals surface area (Å²) in [6.07, 6.45) is 1.69. The number of hydrogen-bond acceptors (Lipinski definition) is 3. The summed E-state index contributed by atoms with van der Waals surface area (Å²) in [5.41, 5.74) is 2.17. The molecule has 1 N–H and O–H groups in total. The quantitative estimate of drug-likeness (QED) is 0.807. The smallest absolute Gasteiger partial charge is 0.336 e. The monoisotopic (exact) mass is 308 g/mol. The molecule has 0 aliphatic heterocycles. The van der Waals surface area contributed by atoms with E-state index in [1.54, 1.807) is 36.5 Å². The molecule has 0 unspecified atom stereocenters. The first-order valence-corrected chi connectivity index (χ1v) is 7.36. The molecule has 23 heavy (non-hydrogen) atoms. The van der Waals surface area contributed by atoms with Crippen LogP contribution in [0.15, 0.2) is 47.4 Å². The Morgan fingerprint density at radius 3 is 2.61 bits per heavy atom. The van der Waals surface area contributed by atoms with Crippen molar-refractivity contribution in [3.05, 3.63) is 64.1 Å². The summed E-state index contributed by atoms with van der Waals surface area (Å²) in [5, 5.41) is 9.87. The molecule has 0 radical (unpaired) electrons. The van der Waals surface area contributed by atoms with Gasteiger partial charge in [-0.1, -0.05) is 18.2 Å². The molecule has 5 nitrogen and oxygen atoms in total. The van der Waals surface area contributed by atoms with Gasteiger partial charge in [-0.25, -0.2) is 9.78 Å². The second-order valence-electron chi connectivity index (χ2n) is 5.33. The number of pyridine rings is 2. The fourth-order valence-corrected chi connectivity index (χ4v) is 2.70. The lowest BCUT2D eigenvalue weighted by molar-refractivity contribution is 0.0697. The fourth-order valence-electron chi connectivity index (χ4n) is 2.70. The lowest BCUT2D eigenvalue weighted by Crippen LogP contribution is -2.14. The number of aryl methyl sites for hydroxylation is 2. The maximum Gasteiger partial charge on any atom is 0.336 e. The first-order valence-electron chi connectivity index (χ1n) is 7.36. The van der Waals surface area contributed by atoms with Crippen molar-refractivity contribution < 1.29 is 9.90 Å². The Kier molecular flexibility index (Phi) is 3.70. The van der Waals surface area contributed by atoms with Crippen LogP contribution >= 0.6 is 0 Å². The number of aromatic nitrogens is 2. The molecule has 0 amide bonds. The van der Waals surface area contributed by atoms with Crippen LogP contribution in [0.2, 0.25) is 0 Å². The molecule has 0 spiro atoms. The molecular weight excluding hydrogens is 292 g/mol. The van der Waals surface area contributed by atoms with Gasteiger partial charge in [0.1, 0.15) is 5.65 Å². The molecule has 2 aromatic heterocycles. The highest BCUT2D eigenvalue weighted by molar-refractivity contribution is 5.97. The van der Waals surface area contributed by atoms with E-state index in [1.165, 1.54) is 6.07 Å². The molecule has 0 bridgehead atoms. The Hall–Kier alpha value is -2.95. The van der Waals surface area contributed by atoms with Crippen molar-refractivity contribution in [2.24, 2.45) is 0 Å². The molecule has 0 saturated carbocycles. The van der Waals surface area contributed by atoms with Crippen LogP contribution in [-0.4, -0.2) is 20.6 Å². The number of carboxylic acids is 1. The van der Waals surface area contributed by atoms with Crippen LogP contribution in [-0.2, 0) is 6.54 Å². The average Bonchev–Trinajstić information content (AvgIpc) is 2.55. The fraction of sp³-hybridized carbons (Fsp3) is 0.167. The van der Waals surface area contributed by atoms with E-state index in [2.05, 4.69) is 4.98 Å². The lowest BCUT2D eigenvalue weighted by Gasteiger charge is -2.12. The molecule has 3 aromatic rings. The molecule has 0 saturated heterocycles. The van der Waals surface area contributed by atoms with E-state index >= 15 is 0 Å². The van der Waals surface area contributed by atoms with E-state index in [0.717, 1.165) is 5.69 Å². The number of hydrogen-bond donors (Lipinski definition) is 1. The van der Waals surface area contributed by atoms with Gasteiger partial charge in [-0.15, -0.1) is 0 Å². The summed E-state index contributed by atoms with van der Waals surface area (Å²) in [6.45, 7) is 4.47. The number of benzene rings is 1. The maximum atomic E-state index is 12.8. The first-order chi connectivity index (χ1) is 11.0. The Morgan fingerprint density at radius 1 is 1.17 bits per heavy atom. The van der Waals surface area contributed by atoms with Crippen molar-refractivity contribution in [1.29, 1.82) is 0 Å². The maximum absolute atomic E-state index is 12.8. The summed E-state index contributed by atoms with van der Waals surface area (Å²) in [7, 11) is 0. The van der Waals surface area contributed by atoms with Crippen molar-refractivity contribution in [1.82, 2.24) is 9.55 Å². The van der Waals surface area contributed by atoms with E-state index in [4.69, 9.17) is 0 Å². The van der Waals surface area contributed by atoms with Gasteiger partial charge in [0.15, 0.2) is 5.43 Å². The van der Waals surface area contributed by atoms with Gasteiger partial charge in [0.2, 0.25) is 0 Å². The van der Waals surface area contributed by atoms with Crippen LogP contribution < -0.4 is 5.43 Å². The molecule has 0 atom stereocenters. The number of carbonyl (C=O) groups is 1. The van der Waals surface area contributed by atoms with Crippen LogP contribution in [0.3, 0.4) is 0 Å². The van der Waals surface area contributed by atoms with Crippen LogP contribution in [0.1, 0.15) is 23.0 Å². The van der Waals surface area contributed by atoms with Crippen LogP contribution in [0.25, 0.3) is 22.2 Å². The van der Waals surface area contributed by atoms with Crippen molar-refractivity contribution in [2.45, 2.75) is 20.4 Å². The van der Waals surface area contributed by atoms with Crippen LogP contribution in [0.5, 0.6) is 0 Å². The number of rotatable bonds is 3. The number of carboxylic acid groups (broad SMARTS) is 1. The highest BCUT2D eigenvalue weighted by Crippen LogP contribution is 2.23. The van der Waals surface area contributed by atoms with Gasteiger partial charge in [-0.3, -0.25) is 4.79 Å². The van der Waals surface area contributed by atoms with Crippen molar-refractivity contribution >= 4 is 17.0 Å². The highest BCUT2D eigenvalue weighted by Gasteiger charge is 2.16. The Labute approximate surface area is 132 Å². The lowest BCUT2D eigenvalue weighted by atomic mass is 9.99. The third-order valence-electron chi connectivity index (χ3n) is 3.85. The van der Waals surface area contributed by atoms with Crippen molar-refractivity contribution in [3.63, 3.8) is 0 Å². The van der Waals surface area contributed by atoms with Gasteiger partial charge in [0.25, 0.3) is 0 Å². The van der Waals surface area contributed by atoms with Gasteiger partial charge >= 0.3 is 5.97 Å². The highest BCUT2D eigenvalue weighted by atomic mass is 16.4. The van der Waals surface area contributed by atoms with Gasteiger partial charge in [0.05, 0.1) is 10.9 Å². The zero-order chi connectivity index (χ0) is 16.6. The minimum atomic E-state index is -1.05. The van der Waals surface area contributed by atoms with E-state index in [0.29, 0.717) is 28.7 Å². The third kappa shape index (κ3) is 2.50. The van der Waals surface area contributed by atoms with Gasteiger partial charge in [-0.2, -0.15) is 0 Å².